The molecule has 1 aliphatic heterocycles. The third-order valence-corrected chi connectivity index (χ3v) is 4.78. The van der Waals surface area contributed by atoms with Gasteiger partial charge in [0.1, 0.15) is 6.20 Å². The van der Waals surface area contributed by atoms with E-state index in [2.05, 4.69) is 15.0 Å². The highest BCUT2D eigenvalue weighted by molar-refractivity contribution is 5.85. The molecule has 1 N–H and O–H groups in total. The van der Waals surface area contributed by atoms with Crippen LogP contribution >= 0.6 is 12.4 Å². The van der Waals surface area contributed by atoms with Crippen molar-refractivity contribution in [3.63, 3.8) is 0 Å². The number of unbranched alkanes of at least 4 members (excludes halogenated alkanes) is 1. The van der Waals surface area contributed by atoms with Crippen LogP contribution < -0.4 is 16.1 Å². The van der Waals surface area contributed by atoms with Crippen LogP contribution in [0, 0.1) is 0 Å². The van der Waals surface area contributed by atoms with Gasteiger partial charge in [0.2, 0.25) is 0 Å². The highest BCUT2D eigenvalue weighted by Gasteiger charge is 2.31. The summed E-state index contributed by atoms with van der Waals surface area (Å²) in [5.74, 6) is 0. The van der Waals surface area contributed by atoms with Gasteiger partial charge in [0, 0.05) is 38.4 Å². The minimum atomic E-state index is -4.33. The summed E-state index contributed by atoms with van der Waals surface area (Å²) in [6.45, 7) is 4.15. The number of aryl methyl sites for hydroxylation is 1. The van der Waals surface area contributed by atoms with E-state index in [-0.39, 0.29) is 12.4 Å². The number of piperazine rings is 1. The molecular weight excluding hydrogens is 411 g/mol. The molecule has 1 aromatic carbocycles. The molecule has 29 heavy (non-hydrogen) atoms. The van der Waals surface area contributed by atoms with E-state index >= 15 is 0 Å². The van der Waals surface area contributed by atoms with Crippen molar-refractivity contribution in [2.75, 3.05) is 37.6 Å². The Bertz CT molecular complexity index is 907. The maximum absolute atomic E-state index is 12.9. The monoisotopic (exact) mass is 433 g/mol. The second-order valence-electron chi connectivity index (χ2n) is 6.75. The van der Waals surface area contributed by atoms with E-state index in [9.17, 15) is 22.8 Å². The average molecular weight is 434 g/mol. The fourth-order valence-corrected chi connectivity index (χ4v) is 3.24. The molecule has 11 heteroatoms. The van der Waals surface area contributed by atoms with E-state index in [0.717, 1.165) is 44.7 Å². The van der Waals surface area contributed by atoms with Crippen molar-refractivity contribution >= 4 is 18.1 Å². The van der Waals surface area contributed by atoms with Gasteiger partial charge in [-0.05, 0) is 37.6 Å². The number of aromatic nitrogens is 3. The minimum Gasteiger partial charge on any atom is -0.369 e. The second-order valence-corrected chi connectivity index (χ2v) is 6.75. The van der Waals surface area contributed by atoms with Gasteiger partial charge in [0.05, 0.1) is 5.56 Å². The van der Waals surface area contributed by atoms with Crippen molar-refractivity contribution in [1.82, 2.24) is 19.7 Å². The van der Waals surface area contributed by atoms with E-state index in [1.807, 2.05) is 4.90 Å². The molecule has 0 spiro atoms. The summed E-state index contributed by atoms with van der Waals surface area (Å²) >= 11 is 0. The van der Waals surface area contributed by atoms with Gasteiger partial charge < -0.3 is 4.90 Å². The van der Waals surface area contributed by atoms with Gasteiger partial charge >= 0.3 is 11.9 Å². The lowest BCUT2D eigenvalue weighted by Gasteiger charge is -2.36. The second kappa shape index (κ2) is 9.93. The molecule has 2 heterocycles. The third-order valence-electron chi connectivity index (χ3n) is 4.78. The molecule has 0 amide bonds. The van der Waals surface area contributed by atoms with Crippen LogP contribution in [0.5, 0.6) is 0 Å². The van der Waals surface area contributed by atoms with Crippen LogP contribution in [0.4, 0.5) is 18.9 Å². The lowest BCUT2D eigenvalue weighted by Crippen LogP contribution is -2.46. The van der Waals surface area contributed by atoms with Crippen molar-refractivity contribution in [1.29, 1.82) is 0 Å². The predicted octanol–water partition coefficient (Wildman–Crippen LogP) is 1.97. The third kappa shape index (κ3) is 6.33. The van der Waals surface area contributed by atoms with Crippen molar-refractivity contribution < 1.29 is 13.2 Å². The van der Waals surface area contributed by atoms with Gasteiger partial charge in [-0.15, -0.1) is 12.4 Å². The molecule has 0 saturated carbocycles. The Hall–Kier alpha value is -2.33. The normalized spacial score (nSPS) is 15.2. The number of hydrogen-bond acceptors (Lipinski definition) is 5. The number of nitrogens with one attached hydrogen (secondary N) is 1. The largest absolute Gasteiger partial charge is 0.416 e. The standard InChI is InChI=1S/C18H22F3N5O2.ClH/c19-18(20,21)14-4-3-5-15(12-14)25-10-8-24(9-11-25)6-1-2-7-26-17(28)23-16(27)13-22-26;/h3-5,12-13H,1-2,6-11H2,(H,23,27,28);1H. The number of halogens is 4. The Kier molecular flexibility index (Phi) is 7.86. The summed E-state index contributed by atoms with van der Waals surface area (Å²) in [4.78, 5) is 28.9. The van der Waals surface area contributed by atoms with Crippen molar-refractivity contribution in [3.05, 3.63) is 56.9 Å². The number of rotatable bonds is 6. The highest BCUT2D eigenvalue weighted by Crippen LogP contribution is 2.31. The number of alkyl halides is 3. The topological polar surface area (TPSA) is 74.2 Å². The molecule has 0 radical (unpaired) electrons. The van der Waals surface area contributed by atoms with Crippen LogP contribution in [0.2, 0.25) is 0 Å². The molecule has 160 valence electrons. The molecule has 1 aromatic heterocycles. The van der Waals surface area contributed by atoms with E-state index in [1.165, 1.54) is 16.8 Å². The summed E-state index contributed by atoms with van der Waals surface area (Å²) < 4.78 is 39.8. The SMILES string of the molecule is Cl.O=c1cnn(CCCCN2CCN(c3cccc(C(F)(F)F)c3)CC2)c(=O)[nH]1. The summed E-state index contributed by atoms with van der Waals surface area (Å²) in [6, 6.07) is 5.43. The van der Waals surface area contributed by atoms with Gasteiger partial charge in [-0.1, -0.05) is 6.07 Å². The number of hydrogen-bond donors (Lipinski definition) is 1. The maximum Gasteiger partial charge on any atom is 0.416 e. The first-order valence-electron chi connectivity index (χ1n) is 9.14. The first-order valence-corrected chi connectivity index (χ1v) is 9.14. The van der Waals surface area contributed by atoms with E-state index in [1.54, 1.807) is 6.07 Å². The average Bonchev–Trinajstić information content (AvgIpc) is 2.66. The maximum atomic E-state index is 12.9. The Balaban J connectivity index is 0.00000300. The van der Waals surface area contributed by atoms with Gasteiger partial charge in [-0.25, -0.2) is 9.48 Å². The molecule has 0 unspecified atom stereocenters. The van der Waals surface area contributed by atoms with Crippen LogP contribution in [-0.2, 0) is 12.7 Å². The summed E-state index contributed by atoms with van der Waals surface area (Å²) in [7, 11) is 0. The fraction of sp³-hybridized carbons (Fsp3) is 0.500. The first-order chi connectivity index (χ1) is 13.3. The molecule has 2 aromatic rings. The smallest absolute Gasteiger partial charge is 0.369 e. The van der Waals surface area contributed by atoms with Crippen molar-refractivity contribution in [3.8, 4) is 0 Å². The van der Waals surface area contributed by atoms with E-state index in [0.29, 0.717) is 25.3 Å². The quantitative estimate of drug-likeness (QED) is 0.705. The molecule has 1 fully saturated rings. The van der Waals surface area contributed by atoms with Crippen LogP contribution in [0.25, 0.3) is 0 Å². The molecule has 1 saturated heterocycles. The molecule has 3 rings (SSSR count). The predicted molar refractivity (Wildman–Crippen MR) is 106 cm³/mol. The molecule has 0 atom stereocenters. The highest BCUT2D eigenvalue weighted by atomic mass is 35.5. The minimum absolute atomic E-state index is 0. The Labute approximate surface area is 171 Å². The van der Waals surface area contributed by atoms with Crippen LogP contribution in [-0.4, -0.2) is 52.4 Å². The Morgan fingerprint density at radius 3 is 2.38 bits per heavy atom. The summed E-state index contributed by atoms with van der Waals surface area (Å²) in [5.41, 5.74) is -1.06. The molecular formula is C18H23ClF3N5O2. The van der Waals surface area contributed by atoms with Crippen LogP contribution in [0.3, 0.4) is 0 Å². The lowest BCUT2D eigenvalue weighted by molar-refractivity contribution is -0.137. The fourth-order valence-electron chi connectivity index (χ4n) is 3.24. The molecule has 1 aliphatic rings. The van der Waals surface area contributed by atoms with E-state index in [4.69, 9.17) is 0 Å². The zero-order valence-electron chi connectivity index (χ0n) is 15.7. The Morgan fingerprint density at radius 1 is 1.03 bits per heavy atom. The summed E-state index contributed by atoms with van der Waals surface area (Å²) in [5, 5.41) is 3.79. The zero-order chi connectivity index (χ0) is 20.1. The molecule has 0 bridgehead atoms. The lowest BCUT2D eigenvalue weighted by atomic mass is 10.1. The van der Waals surface area contributed by atoms with Gasteiger partial charge in [-0.3, -0.25) is 14.7 Å². The number of nitrogens with zero attached hydrogens (tertiary/aromatic N) is 4. The van der Waals surface area contributed by atoms with Crippen molar-refractivity contribution in [2.45, 2.75) is 25.6 Å². The number of H-pyrrole nitrogens is 1. The van der Waals surface area contributed by atoms with Crippen LogP contribution in [0.1, 0.15) is 18.4 Å². The van der Waals surface area contributed by atoms with Gasteiger partial charge in [0.25, 0.3) is 5.56 Å². The van der Waals surface area contributed by atoms with Gasteiger partial charge in [-0.2, -0.15) is 18.3 Å². The number of aromatic amines is 1. The zero-order valence-corrected chi connectivity index (χ0v) is 16.5. The Morgan fingerprint density at radius 2 is 1.72 bits per heavy atom. The first kappa shape index (κ1) is 23.0. The molecule has 0 aliphatic carbocycles. The number of anilines is 1. The van der Waals surface area contributed by atoms with Crippen molar-refractivity contribution in [2.24, 2.45) is 0 Å². The van der Waals surface area contributed by atoms with Crippen LogP contribution in [0.15, 0.2) is 40.1 Å². The summed E-state index contributed by atoms with van der Waals surface area (Å²) in [6.07, 6.45) is -1.65. The van der Waals surface area contributed by atoms with E-state index < -0.39 is 23.0 Å². The number of benzene rings is 1. The van der Waals surface area contributed by atoms with Gasteiger partial charge in [0.15, 0.2) is 0 Å². The molecule has 7 nitrogen and oxygen atoms in total.